The van der Waals surface area contributed by atoms with Crippen LogP contribution in [0.1, 0.15) is 44.3 Å². The van der Waals surface area contributed by atoms with E-state index >= 15 is 0 Å². The molecule has 64 heavy (non-hydrogen) atoms. The van der Waals surface area contributed by atoms with Gasteiger partial charge in [0, 0.05) is 90.0 Å². The van der Waals surface area contributed by atoms with Crippen molar-refractivity contribution in [3.8, 4) is 5.69 Å². The number of allylic oxidation sites excluding steroid dienone is 1. The third kappa shape index (κ3) is 8.20. The number of amides is 2. The molecule has 1 atom stereocenters. The van der Waals surface area contributed by atoms with Crippen LogP contribution in [0, 0.1) is 20.8 Å². The Labute approximate surface area is 372 Å². The summed E-state index contributed by atoms with van der Waals surface area (Å²) >= 11 is 0. The van der Waals surface area contributed by atoms with Crippen molar-refractivity contribution in [2.24, 2.45) is 4.99 Å². The van der Waals surface area contributed by atoms with Crippen molar-refractivity contribution < 1.29 is 14.2 Å². The number of aliphatic imine (C=N–C) groups is 1. The Bertz CT molecular complexity index is 3050. The van der Waals surface area contributed by atoms with Crippen LogP contribution in [0.2, 0.25) is 0 Å². The van der Waals surface area contributed by atoms with E-state index in [2.05, 4.69) is 86.2 Å². The fourth-order valence-corrected chi connectivity index (χ4v) is 8.37. The Morgan fingerprint density at radius 1 is 0.656 bits per heavy atom. The smallest absolute Gasteiger partial charge is 0.251 e. The number of carbonyl (C=O) groups excluding carboxylic acids is 2. The molecule has 320 valence electrons. The molecule has 1 aliphatic heterocycles. The van der Waals surface area contributed by atoms with Crippen LogP contribution in [0.5, 0.6) is 0 Å². The van der Waals surface area contributed by atoms with Gasteiger partial charge in [0.2, 0.25) is 16.7 Å². The molecular formula is C52H51N10O2+. The molecule has 0 fully saturated rings. The van der Waals surface area contributed by atoms with Gasteiger partial charge in [0.05, 0.1) is 23.1 Å². The quantitative estimate of drug-likeness (QED) is 0.0311. The van der Waals surface area contributed by atoms with E-state index in [9.17, 15) is 9.59 Å². The van der Waals surface area contributed by atoms with Gasteiger partial charge in [-0.2, -0.15) is 0 Å². The van der Waals surface area contributed by atoms with E-state index in [1.54, 1.807) is 24.3 Å². The lowest BCUT2D eigenvalue weighted by atomic mass is 9.93. The lowest BCUT2D eigenvalue weighted by Gasteiger charge is -2.39. The first-order valence-electron chi connectivity index (χ1n) is 21.5. The Hall–Kier alpha value is -7.99. The van der Waals surface area contributed by atoms with E-state index in [0.29, 0.717) is 43.0 Å². The predicted molar refractivity (Wildman–Crippen MR) is 259 cm³/mol. The molecule has 12 nitrogen and oxygen atoms in total. The second kappa shape index (κ2) is 17.4. The first kappa shape index (κ1) is 41.4. The molecule has 8 N–H and O–H groups in total. The monoisotopic (exact) mass is 847 g/mol. The maximum absolute atomic E-state index is 13.1. The summed E-state index contributed by atoms with van der Waals surface area (Å²) in [5.74, 6) is -0.438. The van der Waals surface area contributed by atoms with Crippen LogP contribution in [-0.4, -0.2) is 54.7 Å². The number of hydrogen-bond donors (Lipinski definition) is 6. The molecular weight excluding hydrogens is 797 g/mol. The maximum Gasteiger partial charge on any atom is 0.251 e. The molecule has 2 aliphatic rings. The summed E-state index contributed by atoms with van der Waals surface area (Å²) in [5, 5.41) is 13.0. The molecule has 0 saturated carbocycles. The van der Waals surface area contributed by atoms with Gasteiger partial charge in [0.15, 0.2) is 0 Å². The van der Waals surface area contributed by atoms with Crippen LogP contribution >= 0.6 is 0 Å². The van der Waals surface area contributed by atoms with E-state index in [-0.39, 0.29) is 17.9 Å². The maximum atomic E-state index is 13.1. The number of rotatable bonds is 12. The number of para-hydroxylation sites is 2. The van der Waals surface area contributed by atoms with Gasteiger partial charge in [-0.3, -0.25) is 9.59 Å². The number of benzene rings is 6. The van der Waals surface area contributed by atoms with Crippen molar-refractivity contribution in [2.45, 2.75) is 33.7 Å². The predicted octanol–water partition coefficient (Wildman–Crippen LogP) is 8.05. The number of nitrogens with two attached hydrogens (primary N) is 2. The van der Waals surface area contributed by atoms with Crippen molar-refractivity contribution in [2.75, 3.05) is 47.9 Å². The summed E-state index contributed by atoms with van der Waals surface area (Å²) in [6.07, 6.45) is 4.30. The topological polar surface area (TPSA) is 167 Å². The zero-order chi connectivity index (χ0) is 44.5. The molecule has 9 rings (SSSR count). The van der Waals surface area contributed by atoms with E-state index in [0.717, 1.165) is 89.9 Å². The van der Waals surface area contributed by atoms with Gasteiger partial charge in [-0.1, -0.05) is 36.4 Å². The highest BCUT2D eigenvalue weighted by Gasteiger charge is 2.32. The minimum absolute atomic E-state index is 0.142. The number of nitrogens with zero attached hydrogens (tertiary/aromatic N) is 4. The second-order valence-electron chi connectivity index (χ2n) is 16.4. The lowest BCUT2D eigenvalue weighted by Crippen LogP contribution is -2.41. The number of hydrogen-bond acceptors (Lipinski definition) is 9. The van der Waals surface area contributed by atoms with Crippen molar-refractivity contribution >= 4 is 73.7 Å². The van der Waals surface area contributed by atoms with Gasteiger partial charge in [-0.05, 0) is 123 Å². The summed E-state index contributed by atoms with van der Waals surface area (Å²) in [6.45, 7) is 9.90. The van der Waals surface area contributed by atoms with Gasteiger partial charge in [0.1, 0.15) is 11.0 Å². The second-order valence-corrected chi connectivity index (χ2v) is 16.4. The summed E-state index contributed by atoms with van der Waals surface area (Å²) in [5.41, 5.74) is 29.6. The van der Waals surface area contributed by atoms with Crippen molar-refractivity contribution in [3.63, 3.8) is 0 Å². The van der Waals surface area contributed by atoms with Gasteiger partial charge in [0.25, 0.3) is 11.8 Å². The van der Waals surface area contributed by atoms with Crippen molar-refractivity contribution in [3.05, 3.63) is 173 Å². The number of aryl methyl sites for hydroxylation is 3. The van der Waals surface area contributed by atoms with Crippen LogP contribution in [0.4, 0.5) is 34.1 Å². The van der Waals surface area contributed by atoms with Gasteiger partial charge in [-0.15, -0.1) is 4.57 Å². The molecule has 0 spiro atoms. The molecule has 7 aromatic rings. The highest BCUT2D eigenvalue weighted by Crippen LogP contribution is 2.44. The molecule has 1 aliphatic carbocycles. The normalized spacial score (nSPS) is 14.2. The molecule has 0 saturated heterocycles. The summed E-state index contributed by atoms with van der Waals surface area (Å²) in [4.78, 5) is 38.6. The number of carbonyl (C=O) groups is 2. The number of anilines is 5. The Morgan fingerprint density at radius 3 is 1.91 bits per heavy atom. The summed E-state index contributed by atoms with van der Waals surface area (Å²) in [7, 11) is 0. The van der Waals surface area contributed by atoms with Crippen LogP contribution < -0.4 is 42.2 Å². The zero-order valence-corrected chi connectivity index (χ0v) is 36.4. The third-order valence-corrected chi connectivity index (χ3v) is 11.9. The fourth-order valence-electron chi connectivity index (χ4n) is 8.37. The average molecular weight is 848 g/mol. The fraction of sp³-hybridized carbons (Fsp3) is 0.173. The van der Waals surface area contributed by atoms with E-state index in [1.165, 1.54) is 0 Å². The largest absolute Gasteiger partial charge is 0.398 e. The Morgan fingerprint density at radius 2 is 1.23 bits per heavy atom. The molecule has 0 bridgehead atoms. The molecule has 1 aromatic heterocycles. The van der Waals surface area contributed by atoms with E-state index in [4.69, 9.17) is 21.4 Å². The number of fused-ring (bicyclic) bond motifs is 4. The zero-order valence-electron chi connectivity index (χ0n) is 36.4. The van der Waals surface area contributed by atoms with E-state index in [1.807, 2.05) is 81.4 Å². The molecule has 1 unspecified atom stereocenters. The molecule has 0 radical (unpaired) electrons. The number of nitrogen functional groups attached to an aromatic ring is 2. The number of nitrogens with one attached hydrogen (secondary N) is 4. The van der Waals surface area contributed by atoms with Gasteiger partial charge < -0.3 is 37.6 Å². The number of aromatic nitrogens is 2. The summed E-state index contributed by atoms with van der Waals surface area (Å²) < 4.78 is 2.19. The Kier molecular flexibility index (Phi) is 11.3. The summed E-state index contributed by atoms with van der Waals surface area (Å²) in [6, 6.07) is 39.2. The van der Waals surface area contributed by atoms with Gasteiger partial charge in [-0.25, -0.2) is 9.98 Å². The van der Waals surface area contributed by atoms with Crippen LogP contribution in [-0.2, 0) is 0 Å². The first-order chi connectivity index (χ1) is 31.0. The van der Waals surface area contributed by atoms with Crippen molar-refractivity contribution in [1.29, 1.82) is 0 Å². The average Bonchev–Trinajstić information content (AvgIpc) is 3.29. The standard InChI is InChI=1S/C52H50N10O2/c1-31-23-43-47(27-39(31)53)61(37-11-7-5-8-12-37)49-29-41(33(3)25-45(49)59-43)55-19-21-57-51(63)35-15-17-36(18-16-35)52(64)58-22-20-56-42-30-50-46(26-34(42)4)60-44-24-32(2)40(54)28-48(44)62(50)38-13-9-6-10-14-38/h5-18,23-30,49,55H,19-22,53H2,1-4H3,(H4,54,56,57,58,63,64)/p+1. The van der Waals surface area contributed by atoms with E-state index < -0.39 is 0 Å². The Balaban J connectivity index is 0.792. The minimum Gasteiger partial charge on any atom is -0.398 e. The minimum atomic E-state index is -0.220. The molecule has 2 amide bonds. The van der Waals surface area contributed by atoms with Crippen molar-refractivity contribution in [1.82, 2.24) is 20.9 Å². The van der Waals surface area contributed by atoms with Crippen LogP contribution in [0.3, 0.4) is 0 Å². The molecule has 12 heteroatoms. The van der Waals surface area contributed by atoms with Gasteiger partial charge >= 0.3 is 0 Å². The van der Waals surface area contributed by atoms with Crippen LogP contribution in [0.15, 0.2) is 150 Å². The van der Waals surface area contributed by atoms with Crippen LogP contribution in [0.25, 0.3) is 27.8 Å². The molecule has 2 heterocycles. The SMILES string of the molecule is CC1=CC2=Nc3cc(C)c(N)cc3N(c3ccccc3)C2C=C1NCCNC(=O)c1ccc(C(=O)NCCNc2cc3c(cc2C)nc2cc(C)c(N)cc2[n+]3-c2ccccc2)cc1. The first-order valence-corrected chi connectivity index (χ1v) is 21.5. The lowest BCUT2D eigenvalue weighted by molar-refractivity contribution is -0.538. The molecule has 6 aromatic carbocycles. The third-order valence-electron chi connectivity index (χ3n) is 11.9. The highest BCUT2D eigenvalue weighted by atomic mass is 16.2. The highest BCUT2D eigenvalue weighted by molar-refractivity contribution is 6.11.